The van der Waals surface area contributed by atoms with Crippen molar-refractivity contribution < 1.29 is 105 Å². The van der Waals surface area contributed by atoms with Gasteiger partial charge in [0.1, 0.15) is 36.0 Å². The van der Waals surface area contributed by atoms with E-state index in [1.54, 1.807) is 60.8 Å². The molecular weight excluding hydrogens is 1190 g/mol. The van der Waals surface area contributed by atoms with E-state index < -0.39 is 152 Å². The molecule has 5 aromatic rings. The van der Waals surface area contributed by atoms with Crippen molar-refractivity contribution in [1.29, 1.82) is 0 Å². The first-order chi connectivity index (χ1) is 41.7. The van der Waals surface area contributed by atoms with Crippen LogP contribution in [0, 0.1) is 0 Å². The summed E-state index contributed by atoms with van der Waals surface area (Å²) in [6, 6.07) is 23.7. The summed E-state index contributed by atoms with van der Waals surface area (Å²) in [5, 5.41) is 25.2. The SMILES string of the molecule is CC(=O)OC[C@H]1O[C@H](O[C@]2(CCl)O[C@H](Cn3cc(CO[C@H]4O[C@H](Cn5cc(CCCO)nn5)[C@@H](OC(=O)c5ccccc5)[C@H](OC(=O)c5ccccc5)[C@@H]4OC(=O)c4ccccc4)nn3)[C@@H](OC(C)=O)[C@@H]2OC(C)=O)[C@H](OC(C)=O)[C@@H](OC(C)=O)[C@H]1Cl. The maximum absolute atomic E-state index is 14.2. The molecule has 28 nitrogen and oxygen atoms in total. The summed E-state index contributed by atoms with van der Waals surface area (Å²) < 4.78 is 81.1. The Balaban J connectivity index is 1.12. The van der Waals surface area contributed by atoms with Crippen LogP contribution in [0.4, 0.5) is 0 Å². The fourth-order valence-corrected chi connectivity index (χ4v) is 10.3. The zero-order chi connectivity index (χ0) is 62.4. The van der Waals surface area contributed by atoms with Gasteiger partial charge in [0.05, 0.1) is 54.2 Å². The molecule has 0 radical (unpaired) electrons. The predicted molar refractivity (Wildman–Crippen MR) is 292 cm³/mol. The lowest BCUT2D eigenvalue weighted by Gasteiger charge is -2.45. The average molecular weight is 1250 g/mol. The molecule has 0 saturated carbocycles. The van der Waals surface area contributed by atoms with Crippen LogP contribution in [0.5, 0.6) is 0 Å². The molecule has 3 aromatic carbocycles. The van der Waals surface area contributed by atoms with Crippen molar-refractivity contribution >= 4 is 71.0 Å². The summed E-state index contributed by atoms with van der Waals surface area (Å²) in [4.78, 5) is 105. The Hall–Kier alpha value is -7.96. The summed E-state index contributed by atoms with van der Waals surface area (Å²) in [7, 11) is 0. The molecule has 3 fully saturated rings. The molecule has 0 amide bonds. The van der Waals surface area contributed by atoms with Gasteiger partial charge < -0.3 is 66.7 Å². The third-order valence-electron chi connectivity index (χ3n) is 13.4. The molecule has 30 heteroatoms. The molecule has 8 rings (SSSR count). The minimum atomic E-state index is -2.36. The van der Waals surface area contributed by atoms with Gasteiger partial charge in [-0.2, -0.15) is 0 Å². The van der Waals surface area contributed by atoms with E-state index in [4.69, 9.17) is 84.8 Å². The zero-order valence-corrected chi connectivity index (χ0v) is 48.9. The van der Waals surface area contributed by atoms with E-state index in [1.165, 1.54) is 52.0 Å². The largest absolute Gasteiger partial charge is 0.463 e. The molecular formula is C57H62Cl2N6O22. The van der Waals surface area contributed by atoms with Gasteiger partial charge in [-0.15, -0.1) is 33.4 Å². The van der Waals surface area contributed by atoms with Crippen molar-refractivity contribution in [3.8, 4) is 0 Å². The summed E-state index contributed by atoms with van der Waals surface area (Å²) in [5.74, 6) is -10.0. The first-order valence-electron chi connectivity index (χ1n) is 27.2. The summed E-state index contributed by atoms with van der Waals surface area (Å²) >= 11 is 13.4. The fraction of sp³-hybridized carbons (Fsp3) is 0.474. The number of nitrogens with zero attached hydrogens (tertiary/aromatic N) is 6. The number of ether oxygens (including phenoxy) is 13. The maximum atomic E-state index is 14.2. The lowest BCUT2D eigenvalue weighted by molar-refractivity contribution is -0.359. The van der Waals surface area contributed by atoms with Gasteiger partial charge in [0.2, 0.25) is 12.1 Å². The minimum Gasteiger partial charge on any atom is -0.463 e. The molecule has 0 aliphatic carbocycles. The standard InChI is InChI=1S/C57H62Cl2N6O22/c1-31(67)75-29-43-44(59)47(78-33(3)69)49(79-34(4)70)56(82-43)87-57(30-58)51(80-35(5)71)46(77-32(2)68)42(86-57)27-65-25-40(61-63-65)28-76-55-50(85-54(74)38-20-13-8-14-21-38)48(84-53(73)37-18-11-7-12-19-37)45(83-52(72)36-16-9-6-10-17-36)41(81-55)26-64-24-39(60-62-64)22-15-23-66/h6-14,16-21,24-25,41-51,55-56,66H,15,22-23,26-30H2,1-5H3/t41-,42-,43-,44+,45-,46-,47+,48+,49-,50+,51+,55+,56-,57+/m1/s1. The van der Waals surface area contributed by atoms with E-state index in [9.17, 15) is 43.5 Å². The first kappa shape index (κ1) is 65.0. The molecule has 2 aromatic heterocycles. The normalized spacial score (nSPS) is 26.8. The van der Waals surface area contributed by atoms with Crippen LogP contribution in [0.1, 0.15) is 83.5 Å². The topological polar surface area (TPSA) is 338 Å². The molecule has 14 atom stereocenters. The monoisotopic (exact) mass is 1250 g/mol. The van der Waals surface area contributed by atoms with Crippen molar-refractivity contribution in [2.75, 3.05) is 19.1 Å². The lowest BCUT2D eigenvalue weighted by Crippen LogP contribution is -2.63. The van der Waals surface area contributed by atoms with Crippen LogP contribution in [0.25, 0.3) is 0 Å². The smallest absolute Gasteiger partial charge is 0.338 e. The summed E-state index contributed by atoms with van der Waals surface area (Å²) in [6.07, 6.45) is -15.1. The molecule has 3 aliphatic heterocycles. The van der Waals surface area contributed by atoms with Gasteiger partial charge in [-0.3, -0.25) is 24.0 Å². The van der Waals surface area contributed by atoms with Crippen molar-refractivity contribution in [3.05, 3.63) is 131 Å². The number of alkyl halides is 2. The van der Waals surface area contributed by atoms with Crippen molar-refractivity contribution in [2.45, 2.75) is 152 Å². The Morgan fingerprint density at radius 1 is 0.552 bits per heavy atom. The van der Waals surface area contributed by atoms with Crippen LogP contribution >= 0.6 is 23.2 Å². The molecule has 1 N–H and O–H groups in total. The van der Waals surface area contributed by atoms with Gasteiger partial charge in [0, 0.05) is 47.4 Å². The van der Waals surface area contributed by atoms with Gasteiger partial charge >= 0.3 is 47.8 Å². The third kappa shape index (κ3) is 17.0. The van der Waals surface area contributed by atoms with E-state index in [0.29, 0.717) is 18.5 Å². The molecule has 3 saturated heterocycles. The zero-order valence-electron chi connectivity index (χ0n) is 47.4. The van der Waals surface area contributed by atoms with Gasteiger partial charge in [-0.05, 0) is 49.2 Å². The quantitative estimate of drug-likeness (QED) is 0.0497. The van der Waals surface area contributed by atoms with E-state index >= 15 is 0 Å². The van der Waals surface area contributed by atoms with Crippen molar-refractivity contribution in [1.82, 2.24) is 30.0 Å². The number of aryl methyl sites for hydroxylation is 1. The van der Waals surface area contributed by atoms with Crippen molar-refractivity contribution in [3.63, 3.8) is 0 Å². The van der Waals surface area contributed by atoms with Crippen LogP contribution in [-0.2, 0) is 112 Å². The summed E-state index contributed by atoms with van der Waals surface area (Å²) in [5.41, 5.74) is 0.884. The Morgan fingerprint density at radius 2 is 1.02 bits per heavy atom. The van der Waals surface area contributed by atoms with E-state index in [0.717, 1.165) is 34.6 Å². The lowest BCUT2D eigenvalue weighted by atomic mass is 9.97. The maximum Gasteiger partial charge on any atom is 0.338 e. The molecule has 0 spiro atoms. The highest BCUT2D eigenvalue weighted by Gasteiger charge is 2.63. The molecule has 0 unspecified atom stereocenters. The Morgan fingerprint density at radius 3 is 1.55 bits per heavy atom. The number of esters is 8. The number of aromatic nitrogens is 6. The Bertz CT molecular complexity index is 3180. The highest BCUT2D eigenvalue weighted by molar-refractivity contribution is 6.21. The van der Waals surface area contributed by atoms with Crippen LogP contribution in [0.3, 0.4) is 0 Å². The number of rotatable bonds is 25. The van der Waals surface area contributed by atoms with Gasteiger partial charge in [0.25, 0.3) is 0 Å². The van der Waals surface area contributed by atoms with Gasteiger partial charge in [-0.25, -0.2) is 23.7 Å². The second kappa shape index (κ2) is 30.1. The molecule has 87 heavy (non-hydrogen) atoms. The number of aliphatic hydroxyl groups excluding tert-OH is 1. The minimum absolute atomic E-state index is 0.0766. The molecule has 466 valence electrons. The average Bonchev–Trinajstić information content (AvgIpc) is 2.14. The predicted octanol–water partition coefficient (Wildman–Crippen LogP) is 3.39. The molecule has 3 aliphatic rings. The van der Waals surface area contributed by atoms with E-state index in [-0.39, 0.29) is 42.1 Å². The second-order valence-electron chi connectivity index (χ2n) is 20.0. The van der Waals surface area contributed by atoms with Crippen molar-refractivity contribution in [2.24, 2.45) is 0 Å². The second-order valence-corrected chi connectivity index (χ2v) is 20.8. The fourth-order valence-electron chi connectivity index (χ4n) is 9.70. The highest BCUT2D eigenvalue weighted by atomic mass is 35.5. The van der Waals surface area contributed by atoms with Crippen LogP contribution in [-0.4, -0.2) is 187 Å². The number of carbonyl (C=O) groups excluding carboxylic acids is 8. The van der Waals surface area contributed by atoms with Crippen LogP contribution in [0.15, 0.2) is 103 Å². The Kier molecular flexibility index (Phi) is 22.5. The Labute approximate surface area is 506 Å². The number of hydrogen-bond donors (Lipinski definition) is 1. The van der Waals surface area contributed by atoms with E-state index in [2.05, 4.69) is 20.6 Å². The van der Waals surface area contributed by atoms with Gasteiger partial charge in [-0.1, -0.05) is 65.0 Å². The third-order valence-corrected chi connectivity index (χ3v) is 14.3. The number of hydrogen-bond acceptors (Lipinski definition) is 26. The van der Waals surface area contributed by atoms with Crippen LogP contribution in [0.2, 0.25) is 0 Å². The first-order valence-corrected chi connectivity index (χ1v) is 28.2. The highest BCUT2D eigenvalue weighted by Crippen LogP contribution is 2.43. The molecule has 5 heterocycles. The number of carbonyl (C=O) groups is 8. The number of benzene rings is 3. The van der Waals surface area contributed by atoms with Crippen LogP contribution < -0.4 is 0 Å². The number of halogens is 2. The van der Waals surface area contributed by atoms with Gasteiger partial charge in [0.15, 0.2) is 49.0 Å². The number of aliphatic hydroxyl groups is 1. The van der Waals surface area contributed by atoms with E-state index in [1.807, 2.05) is 0 Å². The summed E-state index contributed by atoms with van der Waals surface area (Å²) in [6.45, 7) is 3.67. The molecule has 0 bridgehead atoms.